The van der Waals surface area contributed by atoms with E-state index in [-0.39, 0.29) is 5.91 Å². The van der Waals surface area contributed by atoms with Crippen molar-refractivity contribution in [1.29, 1.82) is 5.26 Å². The number of benzene rings is 1. The summed E-state index contributed by atoms with van der Waals surface area (Å²) in [5.41, 5.74) is -0.280. The summed E-state index contributed by atoms with van der Waals surface area (Å²) in [6, 6.07) is 7.24. The van der Waals surface area contributed by atoms with Crippen molar-refractivity contribution in [2.45, 2.75) is 31.4 Å². The minimum atomic E-state index is -0.946. The van der Waals surface area contributed by atoms with Crippen LogP contribution in [0.1, 0.15) is 31.4 Å². The first-order valence-corrected chi connectivity index (χ1v) is 6.70. The van der Waals surface area contributed by atoms with Crippen molar-refractivity contribution in [2.75, 3.05) is 7.05 Å². The molecule has 2 aliphatic rings. The van der Waals surface area contributed by atoms with Gasteiger partial charge in [-0.3, -0.25) is 15.1 Å². The molecule has 1 aromatic carbocycles. The summed E-state index contributed by atoms with van der Waals surface area (Å²) in [6.45, 7) is 3.87. The van der Waals surface area contributed by atoms with Crippen LogP contribution in [-0.2, 0) is 10.3 Å². The second-order valence-corrected chi connectivity index (χ2v) is 5.92. The molecule has 1 saturated heterocycles. The summed E-state index contributed by atoms with van der Waals surface area (Å²) in [6.07, 6.45) is 0.451. The number of aliphatic imine (C=N–C) groups is 1. The van der Waals surface area contributed by atoms with E-state index in [1.807, 2.05) is 13.8 Å². The predicted octanol–water partition coefficient (Wildman–Crippen LogP) is 1.02. The Hall–Kier alpha value is -2.55. The van der Waals surface area contributed by atoms with Gasteiger partial charge in [0.2, 0.25) is 0 Å². The van der Waals surface area contributed by atoms with E-state index >= 15 is 0 Å². The fourth-order valence-corrected chi connectivity index (χ4v) is 3.02. The van der Waals surface area contributed by atoms with Crippen LogP contribution in [0, 0.1) is 11.3 Å². The number of hydrogen-bond acceptors (Lipinski definition) is 4. The highest BCUT2D eigenvalue weighted by Crippen LogP contribution is 2.45. The topological polar surface area (TPSA) is 86.5 Å². The van der Waals surface area contributed by atoms with Gasteiger partial charge in [0, 0.05) is 19.0 Å². The van der Waals surface area contributed by atoms with Crippen molar-refractivity contribution in [3.05, 3.63) is 29.3 Å². The largest absolute Gasteiger partial charge is 0.487 e. The van der Waals surface area contributed by atoms with Crippen LogP contribution in [-0.4, -0.2) is 24.5 Å². The third-order valence-electron chi connectivity index (χ3n) is 3.82. The van der Waals surface area contributed by atoms with E-state index in [4.69, 9.17) is 10.00 Å². The number of guanidine groups is 1. The standard InChI is InChI=1S/C15H16N4O2/c1-14(2)8-15(12(20)18-13(17-3)19-15)10-6-9(7-16)4-5-11(10)21-14/h4-6H,8H2,1-3H3,(H2,17,18,19,20). The SMILES string of the molecule is CN=C1NC(=O)C2(CC(C)(C)Oc3ccc(C#N)cc32)N1. The second kappa shape index (κ2) is 4.22. The van der Waals surface area contributed by atoms with Gasteiger partial charge < -0.3 is 10.1 Å². The fraction of sp³-hybridized carbons (Fsp3) is 0.400. The Morgan fingerprint density at radius 1 is 1.43 bits per heavy atom. The average molecular weight is 284 g/mol. The molecule has 0 bridgehead atoms. The number of amides is 1. The maximum atomic E-state index is 12.6. The number of nitrogens with zero attached hydrogens (tertiary/aromatic N) is 2. The first-order valence-electron chi connectivity index (χ1n) is 6.70. The molecule has 1 unspecified atom stereocenters. The molecule has 0 radical (unpaired) electrons. The molecule has 1 spiro atoms. The third-order valence-corrected chi connectivity index (χ3v) is 3.82. The van der Waals surface area contributed by atoms with E-state index in [0.717, 1.165) is 0 Å². The second-order valence-electron chi connectivity index (χ2n) is 5.92. The molecule has 2 heterocycles. The lowest BCUT2D eigenvalue weighted by Crippen LogP contribution is -2.53. The molecule has 2 N–H and O–H groups in total. The van der Waals surface area contributed by atoms with Gasteiger partial charge in [0.1, 0.15) is 11.4 Å². The molecule has 2 aliphatic heterocycles. The molecule has 6 heteroatoms. The van der Waals surface area contributed by atoms with Gasteiger partial charge in [0.25, 0.3) is 5.91 Å². The third kappa shape index (κ3) is 1.93. The van der Waals surface area contributed by atoms with Gasteiger partial charge in [-0.2, -0.15) is 5.26 Å². The molecule has 108 valence electrons. The first kappa shape index (κ1) is 13.4. The van der Waals surface area contributed by atoms with Crippen LogP contribution < -0.4 is 15.4 Å². The van der Waals surface area contributed by atoms with Crippen LogP contribution in [0.25, 0.3) is 0 Å². The van der Waals surface area contributed by atoms with Crippen LogP contribution in [0.4, 0.5) is 0 Å². The lowest BCUT2D eigenvalue weighted by molar-refractivity contribution is -0.127. The Balaban J connectivity index is 2.22. The van der Waals surface area contributed by atoms with E-state index in [9.17, 15) is 4.79 Å². The summed E-state index contributed by atoms with van der Waals surface area (Å²) in [4.78, 5) is 16.6. The van der Waals surface area contributed by atoms with Crippen LogP contribution in [0.2, 0.25) is 0 Å². The minimum absolute atomic E-state index is 0.171. The number of ether oxygens (including phenoxy) is 1. The van der Waals surface area contributed by atoms with Gasteiger partial charge >= 0.3 is 0 Å². The molecule has 1 atom stereocenters. The minimum Gasteiger partial charge on any atom is -0.487 e. The van der Waals surface area contributed by atoms with Crippen LogP contribution in [0.5, 0.6) is 5.75 Å². The molecular formula is C15H16N4O2. The van der Waals surface area contributed by atoms with Crippen molar-refractivity contribution in [3.8, 4) is 11.8 Å². The van der Waals surface area contributed by atoms with Crippen molar-refractivity contribution in [1.82, 2.24) is 10.6 Å². The first-order chi connectivity index (χ1) is 9.90. The summed E-state index contributed by atoms with van der Waals surface area (Å²) < 4.78 is 5.95. The Kier molecular flexibility index (Phi) is 2.70. The monoisotopic (exact) mass is 284 g/mol. The zero-order chi connectivity index (χ0) is 15.3. The molecule has 1 aromatic rings. The molecule has 0 aliphatic carbocycles. The van der Waals surface area contributed by atoms with Crippen LogP contribution >= 0.6 is 0 Å². The lowest BCUT2D eigenvalue weighted by atomic mass is 9.77. The van der Waals surface area contributed by atoms with Crippen molar-refractivity contribution in [3.63, 3.8) is 0 Å². The summed E-state index contributed by atoms with van der Waals surface area (Å²) in [5.74, 6) is 0.882. The molecule has 0 aromatic heterocycles. The number of hydrogen-bond donors (Lipinski definition) is 2. The summed E-state index contributed by atoms with van der Waals surface area (Å²) >= 11 is 0. The summed E-state index contributed by atoms with van der Waals surface area (Å²) in [7, 11) is 1.61. The highest BCUT2D eigenvalue weighted by molar-refractivity contribution is 6.09. The van der Waals surface area contributed by atoms with Gasteiger partial charge in [-0.15, -0.1) is 0 Å². The number of carbonyl (C=O) groups is 1. The molecule has 0 saturated carbocycles. The smallest absolute Gasteiger partial charge is 0.257 e. The zero-order valence-electron chi connectivity index (χ0n) is 12.2. The Morgan fingerprint density at radius 3 is 2.81 bits per heavy atom. The summed E-state index contributed by atoms with van der Waals surface area (Å²) in [5, 5.41) is 15.0. The highest BCUT2D eigenvalue weighted by Gasteiger charge is 2.54. The Morgan fingerprint density at radius 2 is 2.19 bits per heavy atom. The van der Waals surface area contributed by atoms with Crippen LogP contribution in [0.15, 0.2) is 23.2 Å². The Bertz CT molecular complexity index is 702. The molecule has 21 heavy (non-hydrogen) atoms. The maximum absolute atomic E-state index is 12.6. The zero-order valence-corrected chi connectivity index (χ0v) is 12.2. The average Bonchev–Trinajstić information content (AvgIpc) is 2.74. The molecule has 1 amide bonds. The van der Waals surface area contributed by atoms with Gasteiger partial charge in [-0.05, 0) is 32.0 Å². The van der Waals surface area contributed by atoms with Gasteiger partial charge in [-0.1, -0.05) is 0 Å². The number of nitrogens with one attached hydrogen (secondary N) is 2. The van der Waals surface area contributed by atoms with E-state index in [0.29, 0.717) is 29.3 Å². The molecular weight excluding hydrogens is 268 g/mol. The highest BCUT2D eigenvalue weighted by atomic mass is 16.5. The van der Waals surface area contributed by atoms with Crippen molar-refractivity contribution < 1.29 is 9.53 Å². The van der Waals surface area contributed by atoms with Gasteiger partial charge in [-0.25, -0.2) is 0 Å². The van der Waals surface area contributed by atoms with E-state index in [2.05, 4.69) is 21.7 Å². The van der Waals surface area contributed by atoms with E-state index in [1.54, 1.807) is 25.2 Å². The molecule has 6 nitrogen and oxygen atoms in total. The number of carbonyl (C=O) groups excluding carboxylic acids is 1. The number of fused-ring (bicyclic) bond motifs is 2. The fourth-order valence-electron chi connectivity index (χ4n) is 3.02. The van der Waals surface area contributed by atoms with Crippen LogP contribution in [0.3, 0.4) is 0 Å². The number of rotatable bonds is 0. The van der Waals surface area contributed by atoms with E-state index < -0.39 is 11.1 Å². The Labute approximate surface area is 122 Å². The van der Waals surface area contributed by atoms with Gasteiger partial charge in [0.15, 0.2) is 11.5 Å². The molecule has 3 rings (SSSR count). The van der Waals surface area contributed by atoms with Crippen molar-refractivity contribution >= 4 is 11.9 Å². The van der Waals surface area contributed by atoms with Gasteiger partial charge in [0.05, 0.1) is 11.6 Å². The number of nitriles is 1. The molecule has 1 fully saturated rings. The maximum Gasteiger partial charge on any atom is 0.257 e. The van der Waals surface area contributed by atoms with E-state index in [1.165, 1.54) is 0 Å². The van der Waals surface area contributed by atoms with Crippen molar-refractivity contribution in [2.24, 2.45) is 4.99 Å². The normalized spacial score (nSPS) is 27.5. The lowest BCUT2D eigenvalue weighted by Gasteiger charge is -2.42. The predicted molar refractivity (Wildman–Crippen MR) is 76.8 cm³/mol. The quantitative estimate of drug-likeness (QED) is 0.744.